The van der Waals surface area contributed by atoms with Crippen molar-refractivity contribution in [2.75, 3.05) is 34.2 Å². The molecule has 0 aromatic rings. The van der Waals surface area contributed by atoms with Crippen LogP contribution in [0.15, 0.2) is 0 Å². The first-order chi connectivity index (χ1) is 7.23. The Kier molecular flexibility index (Phi) is 3.32. The summed E-state index contributed by atoms with van der Waals surface area (Å²) in [4.78, 5) is 0. The Labute approximate surface area is 90.4 Å². The normalized spacial score (nSPS) is 45.3. The average molecular weight is 216 g/mol. The average Bonchev–Trinajstić information content (AvgIpc) is 2.35. The SMILES string of the molecule is B[C@@H]1O[C@@]2(COC)COCOC1C2OC. The van der Waals surface area contributed by atoms with Gasteiger partial charge in [0.15, 0.2) is 0 Å². The summed E-state index contributed by atoms with van der Waals surface area (Å²) < 4.78 is 27.5. The molecule has 4 atom stereocenters. The van der Waals surface area contributed by atoms with Crippen molar-refractivity contribution >= 4 is 7.85 Å². The van der Waals surface area contributed by atoms with Crippen LogP contribution in [0.25, 0.3) is 0 Å². The highest BCUT2D eigenvalue weighted by Crippen LogP contribution is 2.36. The second kappa shape index (κ2) is 4.39. The number of rotatable bonds is 3. The van der Waals surface area contributed by atoms with Crippen LogP contribution in [0, 0.1) is 0 Å². The lowest BCUT2D eigenvalue weighted by Gasteiger charge is -2.31. The monoisotopic (exact) mass is 216 g/mol. The Morgan fingerprint density at radius 2 is 2.27 bits per heavy atom. The van der Waals surface area contributed by atoms with Gasteiger partial charge in [-0.15, -0.1) is 0 Å². The molecule has 0 radical (unpaired) electrons. The first kappa shape index (κ1) is 11.4. The summed E-state index contributed by atoms with van der Waals surface area (Å²) in [5.74, 6) is 0. The molecule has 15 heavy (non-hydrogen) atoms. The van der Waals surface area contributed by atoms with E-state index in [2.05, 4.69) is 0 Å². The summed E-state index contributed by atoms with van der Waals surface area (Å²) in [6.45, 7) is 1.19. The molecular formula is C9H17BO5. The third-order valence-corrected chi connectivity index (χ3v) is 3.03. The van der Waals surface area contributed by atoms with E-state index < -0.39 is 5.60 Å². The fourth-order valence-corrected chi connectivity index (χ4v) is 2.48. The van der Waals surface area contributed by atoms with Crippen LogP contribution in [0.3, 0.4) is 0 Å². The minimum absolute atomic E-state index is 0.00833. The van der Waals surface area contributed by atoms with Crippen molar-refractivity contribution in [2.45, 2.75) is 23.8 Å². The zero-order valence-electron chi connectivity index (χ0n) is 9.39. The molecule has 2 saturated heterocycles. The summed E-state index contributed by atoms with van der Waals surface area (Å²) in [5.41, 5.74) is -0.524. The van der Waals surface area contributed by atoms with Gasteiger partial charge in [-0.3, -0.25) is 0 Å². The van der Waals surface area contributed by atoms with Gasteiger partial charge < -0.3 is 23.7 Å². The largest absolute Gasteiger partial charge is 0.381 e. The molecule has 2 unspecified atom stereocenters. The third-order valence-electron chi connectivity index (χ3n) is 3.03. The van der Waals surface area contributed by atoms with Crippen LogP contribution in [0.1, 0.15) is 0 Å². The van der Waals surface area contributed by atoms with Crippen molar-refractivity contribution in [3.05, 3.63) is 0 Å². The number of fused-ring (bicyclic) bond motifs is 2. The molecule has 6 heteroatoms. The fourth-order valence-electron chi connectivity index (χ4n) is 2.48. The Bertz CT molecular complexity index is 227. The van der Waals surface area contributed by atoms with E-state index in [0.29, 0.717) is 20.0 Å². The van der Waals surface area contributed by atoms with Gasteiger partial charge in [0.1, 0.15) is 32.4 Å². The summed E-state index contributed by atoms with van der Waals surface area (Å²) in [6, 6.07) is 0.00833. The lowest BCUT2D eigenvalue weighted by Crippen LogP contribution is -2.50. The number of hydrogen-bond donors (Lipinski definition) is 0. The van der Waals surface area contributed by atoms with Crippen LogP contribution in [-0.4, -0.2) is 65.9 Å². The molecule has 0 aromatic heterocycles. The molecule has 2 bridgehead atoms. The van der Waals surface area contributed by atoms with Crippen molar-refractivity contribution in [1.82, 2.24) is 0 Å². The maximum Gasteiger partial charge on any atom is 0.147 e. The Morgan fingerprint density at radius 3 is 2.93 bits per heavy atom. The van der Waals surface area contributed by atoms with E-state index in [4.69, 9.17) is 23.7 Å². The summed E-state index contributed by atoms with van der Waals surface area (Å²) in [7, 11) is 5.30. The first-order valence-corrected chi connectivity index (χ1v) is 5.12. The van der Waals surface area contributed by atoms with Gasteiger partial charge >= 0.3 is 0 Å². The number of hydrogen-bond acceptors (Lipinski definition) is 5. The van der Waals surface area contributed by atoms with Crippen molar-refractivity contribution in [3.8, 4) is 0 Å². The number of ether oxygens (including phenoxy) is 5. The maximum absolute atomic E-state index is 5.90. The van der Waals surface area contributed by atoms with Crippen LogP contribution in [0.5, 0.6) is 0 Å². The van der Waals surface area contributed by atoms with Gasteiger partial charge in [0.25, 0.3) is 0 Å². The smallest absolute Gasteiger partial charge is 0.147 e. The third kappa shape index (κ3) is 1.81. The van der Waals surface area contributed by atoms with Gasteiger partial charge in [-0.2, -0.15) is 0 Å². The van der Waals surface area contributed by atoms with Gasteiger partial charge in [-0.25, -0.2) is 0 Å². The minimum atomic E-state index is -0.524. The molecule has 2 heterocycles. The zero-order chi connectivity index (χ0) is 10.9. The highest BCUT2D eigenvalue weighted by atomic mass is 16.7. The molecule has 86 valence electrons. The van der Waals surface area contributed by atoms with Crippen LogP contribution >= 0.6 is 0 Å². The van der Waals surface area contributed by atoms with Crippen LogP contribution in [0.2, 0.25) is 0 Å². The molecule has 5 nitrogen and oxygen atoms in total. The fraction of sp³-hybridized carbons (Fsp3) is 1.00. The highest BCUT2D eigenvalue weighted by molar-refractivity contribution is 6.11. The van der Waals surface area contributed by atoms with Crippen LogP contribution in [-0.2, 0) is 23.7 Å². The molecule has 2 fully saturated rings. The topological polar surface area (TPSA) is 46.2 Å². The Hall–Kier alpha value is -0.135. The van der Waals surface area contributed by atoms with Gasteiger partial charge in [-0.05, 0) is 0 Å². The van der Waals surface area contributed by atoms with Crippen molar-refractivity contribution in [3.63, 3.8) is 0 Å². The zero-order valence-corrected chi connectivity index (χ0v) is 9.39. The van der Waals surface area contributed by atoms with E-state index in [9.17, 15) is 0 Å². The maximum atomic E-state index is 5.90. The summed E-state index contributed by atoms with van der Waals surface area (Å²) in [6.07, 6.45) is -0.206. The Balaban J connectivity index is 2.23. The van der Waals surface area contributed by atoms with Crippen LogP contribution < -0.4 is 0 Å². The molecule has 2 rings (SSSR count). The molecule has 0 aliphatic carbocycles. The van der Waals surface area contributed by atoms with E-state index in [0.717, 1.165) is 0 Å². The molecule has 0 spiro atoms. The predicted octanol–water partition coefficient (Wildman–Crippen LogP) is -1.25. The minimum Gasteiger partial charge on any atom is -0.381 e. The van der Waals surface area contributed by atoms with Gasteiger partial charge in [0.2, 0.25) is 0 Å². The second-order valence-corrected chi connectivity index (χ2v) is 4.07. The second-order valence-electron chi connectivity index (χ2n) is 4.07. The molecule has 0 N–H and O–H groups in total. The van der Waals surface area contributed by atoms with E-state index >= 15 is 0 Å². The number of methoxy groups -OCH3 is 2. The lowest BCUT2D eigenvalue weighted by molar-refractivity contribution is -0.167. The summed E-state index contributed by atoms with van der Waals surface area (Å²) in [5, 5.41) is 0. The highest BCUT2D eigenvalue weighted by Gasteiger charge is 2.56. The quantitative estimate of drug-likeness (QED) is 0.551. The molecule has 2 aliphatic rings. The standard InChI is InChI=1S/C9H17BO5/c1-11-3-9-4-13-5-14-6(7(9)12-2)8(10)15-9/h6-8H,3-5,10H2,1-2H3/t6?,7?,8-,9+/m1/s1. The van der Waals surface area contributed by atoms with Gasteiger partial charge in [-0.1, -0.05) is 0 Å². The Morgan fingerprint density at radius 1 is 1.47 bits per heavy atom. The predicted molar refractivity (Wildman–Crippen MR) is 54.5 cm³/mol. The molecule has 0 amide bonds. The molecule has 0 saturated carbocycles. The molecular weight excluding hydrogens is 199 g/mol. The van der Waals surface area contributed by atoms with E-state index in [1.165, 1.54) is 0 Å². The van der Waals surface area contributed by atoms with Crippen LogP contribution in [0.4, 0.5) is 0 Å². The molecule has 2 aliphatic heterocycles. The van der Waals surface area contributed by atoms with Gasteiger partial charge in [0.05, 0.1) is 19.2 Å². The van der Waals surface area contributed by atoms with E-state index in [-0.39, 0.29) is 18.2 Å². The van der Waals surface area contributed by atoms with E-state index in [1.54, 1.807) is 14.2 Å². The lowest BCUT2D eigenvalue weighted by atomic mass is 9.89. The summed E-state index contributed by atoms with van der Waals surface area (Å²) >= 11 is 0. The first-order valence-electron chi connectivity index (χ1n) is 5.12. The molecule has 0 aromatic carbocycles. The van der Waals surface area contributed by atoms with Gasteiger partial charge in [0, 0.05) is 14.2 Å². The van der Waals surface area contributed by atoms with E-state index in [1.807, 2.05) is 7.85 Å². The van der Waals surface area contributed by atoms with Crippen molar-refractivity contribution in [2.24, 2.45) is 0 Å². The van der Waals surface area contributed by atoms with Crippen molar-refractivity contribution in [1.29, 1.82) is 0 Å². The van der Waals surface area contributed by atoms with Crippen molar-refractivity contribution < 1.29 is 23.7 Å².